The van der Waals surface area contributed by atoms with E-state index in [4.69, 9.17) is 4.74 Å². The first kappa shape index (κ1) is 19.7. The molecular weight excluding hydrogens is 382 g/mol. The summed E-state index contributed by atoms with van der Waals surface area (Å²) >= 11 is 0. The Labute approximate surface area is 163 Å². The zero-order valence-corrected chi connectivity index (χ0v) is 16.5. The number of hydrazone groups is 1. The summed E-state index contributed by atoms with van der Waals surface area (Å²) < 4.78 is 30.6. The average molecular weight is 403 g/mol. The molecule has 0 fully saturated rings. The van der Waals surface area contributed by atoms with Gasteiger partial charge in [-0.1, -0.05) is 18.2 Å². The fourth-order valence-corrected chi connectivity index (χ4v) is 3.72. The van der Waals surface area contributed by atoms with Gasteiger partial charge in [0.05, 0.1) is 25.1 Å². The first-order chi connectivity index (χ1) is 13.2. The van der Waals surface area contributed by atoms with Crippen LogP contribution in [-0.2, 0) is 14.8 Å². The Bertz CT molecular complexity index is 1050. The summed E-state index contributed by atoms with van der Waals surface area (Å²) in [6, 6.07) is 11.5. The summed E-state index contributed by atoms with van der Waals surface area (Å²) in [6.45, 7) is 1.41. The van der Waals surface area contributed by atoms with Gasteiger partial charge in [0.1, 0.15) is 0 Å². The van der Waals surface area contributed by atoms with Crippen molar-refractivity contribution in [2.24, 2.45) is 5.10 Å². The lowest BCUT2D eigenvalue weighted by molar-refractivity contribution is -0.130. The van der Waals surface area contributed by atoms with Crippen molar-refractivity contribution in [1.82, 2.24) is 5.01 Å². The predicted octanol–water partition coefficient (Wildman–Crippen LogP) is 2.47. The van der Waals surface area contributed by atoms with E-state index >= 15 is 0 Å². The number of carbonyl (C=O) groups excluding carboxylic acids is 1. The summed E-state index contributed by atoms with van der Waals surface area (Å²) in [5.74, 6) is 0.0154. The van der Waals surface area contributed by atoms with E-state index in [2.05, 4.69) is 9.82 Å². The van der Waals surface area contributed by atoms with Crippen molar-refractivity contribution >= 4 is 27.3 Å². The monoisotopic (exact) mass is 403 g/mol. The summed E-state index contributed by atoms with van der Waals surface area (Å²) in [5, 5.41) is 16.2. The van der Waals surface area contributed by atoms with Gasteiger partial charge in [-0.2, -0.15) is 5.10 Å². The number of rotatable bonds is 5. The van der Waals surface area contributed by atoms with E-state index in [1.165, 1.54) is 19.0 Å². The molecular formula is C19H21N3O5S. The average Bonchev–Trinajstić information content (AvgIpc) is 3.06. The minimum absolute atomic E-state index is 0.0413. The van der Waals surface area contributed by atoms with Crippen LogP contribution in [-0.4, -0.2) is 43.5 Å². The number of amides is 1. The quantitative estimate of drug-likeness (QED) is 0.797. The molecule has 1 atom stereocenters. The second-order valence-electron chi connectivity index (χ2n) is 6.49. The maximum atomic E-state index is 12.1. The fourth-order valence-electron chi connectivity index (χ4n) is 3.17. The van der Waals surface area contributed by atoms with Gasteiger partial charge in [-0.3, -0.25) is 9.52 Å². The maximum Gasteiger partial charge on any atom is 0.240 e. The van der Waals surface area contributed by atoms with Gasteiger partial charge in [0.15, 0.2) is 11.5 Å². The van der Waals surface area contributed by atoms with E-state index in [1.807, 2.05) is 0 Å². The van der Waals surface area contributed by atoms with E-state index in [1.54, 1.807) is 42.5 Å². The third-order valence-corrected chi connectivity index (χ3v) is 4.94. The Morgan fingerprint density at radius 3 is 2.64 bits per heavy atom. The zero-order valence-electron chi connectivity index (χ0n) is 15.7. The minimum Gasteiger partial charge on any atom is -0.504 e. The van der Waals surface area contributed by atoms with E-state index < -0.39 is 16.1 Å². The number of para-hydroxylation sites is 1. The van der Waals surface area contributed by atoms with Crippen LogP contribution in [0.15, 0.2) is 47.6 Å². The molecule has 2 aromatic rings. The number of nitrogens with zero attached hydrogens (tertiary/aromatic N) is 2. The van der Waals surface area contributed by atoms with Crippen LogP contribution in [0, 0.1) is 0 Å². The number of hydrogen-bond donors (Lipinski definition) is 2. The van der Waals surface area contributed by atoms with Crippen molar-refractivity contribution < 1.29 is 23.1 Å². The number of phenolic OH excluding ortho intramolecular Hbond substituents is 1. The van der Waals surface area contributed by atoms with Gasteiger partial charge in [0.2, 0.25) is 15.9 Å². The van der Waals surface area contributed by atoms with Gasteiger partial charge in [0.25, 0.3) is 0 Å². The highest BCUT2D eigenvalue weighted by Gasteiger charge is 2.32. The second kappa shape index (κ2) is 7.51. The van der Waals surface area contributed by atoms with Crippen molar-refractivity contribution in [3.63, 3.8) is 0 Å². The van der Waals surface area contributed by atoms with Gasteiger partial charge in [-0.15, -0.1) is 0 Å². The van der Waals surface area contributed by atoms with Crippen LogP contribution >= 0.6 is 0 Å². The Hall–Kier alpha value is -3.07. The molecule has 2 aromatic carbocycles. The van der Waals surface area contributed by atoms with Crippen LogP contribution in [0.4, 0.5) is 5.69 Å². The van der Waals surface area contributed by atoms with E-state index in [9.17, 15) is 18.3 Å². The summed E-state index contributed by atoms with van der Waals surface area (Å²) in [4.78, 5) is 12.1. The lowest BCUT2D eigenvalue weighted by atomic mass is 9.97. The molecule has 1 unspecified atom stereocenters. The topological polar surface area (TPSA) is 108 Å². The van der Waals surface area contributed by atoms with Crippen LogP contribution in [0.1, 0.15) is 30.5 Å². The highest BCUT2D eigenvalue weighted by Crippen LogP contribution is 2.38. The van der Waals surface area contributed by atoms with Gasteiger partial charge in [-0.05, 0) is 29.8 Å². The number of methoxy groups -OCH3 is 1. The third-order valence-electron chi connectivity index (χ3n) is 4.34. The molecule has 0 radical (unpaired) electrons. The maximum absolute atomic E-state index is 12.1. The van der Waals surface area contributed by atoms with Gasteiger partial charge < -0.3 is 9.84 Å². The molecule has 0 saturated carbocycles. The molecule has 1 heterocycles. The van der Waals surface area contributed by atoms with E-state index in [0.717, 1.165) is 11.8 Å². The standard InChI is InChI=1S/C19H21N3O5S/c1-12(23)22-17(13-6-4-7-14(10-13)21-28(3,25)26)11-16(20-22)15-8-5-9-18(27-2)19(15)24/h4-10,17,21,24H,11H2,1-3H3. The number of carbonyl (C=O) groups is 1. The molecule has 0 saturated heterocycles. The second-order valence-corrected chi connectivity index (χ2v) is 8.23. The number of ether oxygens (including phenoxy) is 1. The molecule has 2 N–H and O–H groups in total. The van der Waals surface area contributed by atoms with Gasteiger partial charge in [0, 0.05) is 24.6 Å². The Morgan fingerprint density at radius 1 is 1.29 bits per heavy atom. The normalized spacial score (nSPS) is 16.6. The lowest BCUT2D eigenvalue weighted by Crippen LogP contribution is -2.24. The molecule has 0 aromatic heterocycles. The highest BCUT2D eigenvalue weighted by atomic mass is 32.2. The molecule has 148 valence electrons. The molecule has 1 aliphatic heterocycles. The van der Waals surface area contributed by atoms with Crippen molar-refractivity contribution in [3.05, 3.63) is 53.6 Å². The molecule has 0 spiro atoms. The first-order valence-electron chi connectivity index (χ1n) is 8.51. The van der Waals surface area contributed by atoms with Crippen molar-refractivity contribution in [3.8, 4) is 11.5 Å². The van der Waals surface area contributed by atoms with Gasteiger partial charge in [-0.25, -0.2) is 13.4 Å². The number of phenols is 1. The summed E-state index contributed by atoms with van der Waals surface area (Å²) in [5.41, 5.74) is 2.16. The molecule has 3 rings (SSSR count). The van der Waals surface area contributed by atoms with Gasteiger partial charge >= 0.3 is 0 Å². The van der Waals surface area contributed by atoms with Crippen molar-refractivity contribution in [2.45, 2.75) is 19.4 Å². The largest absolute Gasteiger partial charge is 0.504 e. The summed E-state index contributed by atoms with van der Waals surface area (Å²) in [7, 11) is -1.96. The molecule has 1 amide bonds. The number of anilines is 1. The zero-order chi connectivity index (χ0) is 20.5. The van der Waals surface area contributed by atoms with Crippen LogP contribution < -0.4 is 9.46 Å². The number of aromatic hydroxyl groups is 1. The number of sulfonamides is 1. The molecule has 28 heavy (non-hydrogen) atoms. The summed E-state index contributed by atoms with van der Waals surface area (Å²) in [6.07, 6.45) is 1.44. The smallest absolute Gasteiger partial charge is 0.240 e. The minimum atomic E-state index is -3.42. The van der Waals surface area contributed by atoms with Crippen LogP contribution in [0.2, 0.25) is 0 Å². The predicted molar refractivity (Wildman–Crippen MR) is 106 cm³/mol. The Kier molecular flexibility index (Phi) is 5.28. The fraction of sp³-hybridized carbons (Fsp3) is 0.263. The molecule has 0 bridgehead atoms. The highest BCUT2D eigenvalue weighted by molar-refractivity contribution is 7.92. The lowest BCUT2D eigenvalue weighted by Gasteiger charge is -2.21. The third kappa shape index (κ3) is 4.09. The van der Waals surface area contributed by atoms with Crippen LogP contribution in [0.3, 0.4) is 0 Å². The van der Waals surface area contributed by atoms with Crippen LogP contribution in [0.25, 0.3) is 0 Å². The van der Waals surface area contributed by atoms with E-state index in [0.29, 0.717) is 29.1 Å². The van der Waals surface area contributed by atoms with Crippen molar-refractivity contribution in [1.29, 1.82) is 0 Å². The number of benzene rings is 2. The molecule has 8 nitrogen and oxygen atoms in total. The Balaban J connectivity index is 1.97. The Morgan fingerprint density at radius 2 is 2.00 bits per heavy atom. The van der Waals surface area contributed by atoms with Crippen LogP contribution in [0.5, 0.6) is 11.5 Å². The SMILES string of the molecule is COc1cccc(C2=NN(C(C)=O)C(c3cccc(NS(C)(=O)=O)c3)C2)c1O. The molecule has 9 heteroatoms. The van der Waals surface area contributed by atoms with E-state index in [-0.39, 0.29) is 11.7 Å². The number of nitrogens with one attached hydrogen (secondary N) is 1. The first-order valence-corrected chi connectivity index (χ1v) is 10.4. The molecule has 0 aliphatic carbocycles. The van der Waals surface area contributed by atoms with Crippen molar-refractivity contribution in [2.75, 3.05) is 18.1 Å². The number of hydrogen-bond acceptors (Lipinski definition) is 6. The molecule has 1 aliphatic rings.